The highest BCUT2D eigenvalue weighted by Gasteiger charge is 2.30. The van der Waals surface area contributed by atoms with Gasteiger partial charge < -0.3 is 9.64 Å². The van der Waals surface area contributed by atoms with E-state index in [-0.39, 0.29) is 11.9 Å². The number of rotatable bonds is 6. The fourth-order valence-corrected chi connectivity index (χ4v) is 4.51. The zero-order chi connectivity index (χ0) is 22.5. The summed E-state index contributed by atoms with van der Waals surface area (Å²) in [6, 6.07) is 22.9. The van der Waals surface area contributed by atoms with E-state index in [0.29, 0.717) is 10.6 Å². The second kappa shape index (κ2) is 10.4. The van der Waals surface area contributed by atoms with Crippen LogP contribution in [0.5, 0.6) is 5.75 Å². The molecule has 0 N–H and O–H groups in total. The first-order valence-electron chi connectivity index (χ1n) is 10.7. The van der Waals surface area contributed by atoms with E-state index in [4.69, 9.17) is 27.9 Å². The molecule has 1 heterocycles. The van der Waals surface area contributed by atoms with Crippen molar-refractivity contribution in [2.45, 2.75) is 25.4 Å². The van der Waals surface area contributed by atoms with E-state index in [1.807, 2.05) is 53.4 Å². The van der Waals surface area contributed by atoms with Crippen LogP contribution in [0.3, 0.4) is 0 Å². The SMILES string of the molecule is COc1cccc(N(C(=O)c2cccc(Cl)c2)C2CCN(Cc3ccc(Cl)cc3)CC2)c1. The van der Waals surface area contributed by atoms with Gasteiger partial charge in [-0.25, -0.2) is 0 Å². The Morgan fingerprint density at radius 1 is 0.969 bits per heavy atom. The van der Waals surface area contributed by atoms with Crippen LogP contribution in [-0.2, 0) is 6.54 Å². The minimum absolute atomic E-state index is 0.0445. The predicted octanol–water partition coefficient (Wildman–Crippen LogP) is 6.31. The van der Waals surface area contributed by atoms with E-state index < -0.39 is 0 Å². The van der Waals surface area contributed by atoms with Crippen molar-refractivity contribution < 1.29 is 9.53 Å². The van der Waals surface area contributed by atoms with Crippen LogP contribution in [0.25, 0.3) is 0 Å². The van der Waals surface area contributed by atoms with Crippen molar-refractivity contribution in [3.05, 3.63) is 94.0 Å². The molecule has 1 saturated heterocycles. The van der Waals surface area contributed by atoms with Gasteiger partial charge in [-0.3, -0.25) is 9.69 Å². The molecule has 32 heavy (non-hydrogen) atoms. The first kappa shape index (κ1) is 22.7. The smallest absolute Gasteiger partial charge is 0.258 e. The number of nitrogens with zero attached hydrogens (tertiary/aromatic N) is 2. The van der Waals surface area contributed by atoms with E-state index in [0.717, 1.165) is 48.9 Å². The fraction of sp³-hybridized carbons (Fsp3) is 0.269. The lowest BCUT2D eigenvalue weighted by atomic mass is 10.00. The minimum atomic E-state index is -0.0445. The molecule has 1 fully saturated rings. The van der Waals surface area contributed by atoms with E-state index in [2.05, 4.69) is 17.0 Å². The molecule has 0 saturated carbocycles. The third-order valence-corrected chi connectivity index (χ3v) is 6.35. The molecule has 166 valence electrons. The van der Waals surface area contributed by atoms with Crippen molar-refractivity contribution in [3.63, 3.8) is 0 Å². The molecule has 0 aliphatic carbocycles. The Balaban J connectivity index is 1.54. The van der Waals surface area contributed by atoms with Crippen molar-refractivity contribution in [1.82, 2.24) is 4.90 Å². The number of ether oxygens (including phenoxy) is 1. The summed E-state index contributed by atoms with van der Waals surface area (Å²) in [5.41, 5.74) is 2.67. The van der Waals surface area contributed by atoms with Crippen LogP contribution in [0, 0.1) is 0 Å². The Morgan fingerprint density at radius 2 is 1.69 bits per heavy atom. The number of benzene rings is 3. The van der Waals surface area contributed by atoms with Gasteiger partial charge in [0, 0.05) is 53.0 Å². The normalized spacial score (nSPS) is 14.8. The summed E-state index contributed by atoms with van der Waals surface area (Å²) in [7, 11) is 1.64. The number of hydrogen-bond acceptors (Lipinski definition) is 3. The molecule has 0 radical (unpaired) electrons. The van der Waals surface area contributed by atoms with Gasteiger partial charge in [0.25, 0.3) is 5.91 Å². The molecule has 0 spiro atoms. The second-order valence-electron chi connectivity index (χ2n) is 8.02. The summed E-state index contributed by atoms with van der Waals surface area (Å²) in [5, 5.41) is 1.31. The third kappa shape index (κ3) is 5.44. The molecule has 6 heteroatoms. The first-order valence-corrected chi connectivity index (χ1v) is 11.5. The summed E-state index contributed by atoms with van der Waals surface area (Å²) in [5.74, 6) is 0.684. The molecular formula is C26H26Cl2N2O2. The topological polar surface area (TPSA) is 32.8 Å². The highest BCUT2D eigenvalue weighted by molar-refractivity contribution is 6.31. The molecule has 0 atom stereocenters. The molecule has 3 aromatic carbocycles. The molecule has 0 aromatic heterocycles. The van der Waals surface area contributed by atoms with Gasteiger partial charge >= 0.3 is 0 Å². The largest absolute Gasteiger partial charge is 0.497 e. The van der Waals surface area contributed by atoms with Gasteiger partial charge in [-0.15, -0.1) is 0 Å². The number of hydrogen-bond donors (Lipinski definition) is 0. The lowest BCUT2D eigenvalue weighted by Crippen LogP contribution is -2.47. The Hall–Kier alpha value is -2.53. The van der Waals surface area contributed by atoms with Crippen molar-refractivity contribution in [2.24, 2.45) is 0 Å². The van der Waals surface area contributed by atoms with Crippen LogP contribution in [-0.4, -0.2) is 37.0 Å². The second-order valence-corrected chi connectivity index (χ2v) is 8.89. The van der Waals surface area contributed by atoms with Crippen LogP contribution in [0.2, 0.25) is 10.0 Å². The standard InChI is InChI=1S/C26H26Cl2N2O2/c1-32-25-7-3-6-24(17-25)30(26(31)20-4-2-5-22(28)16-20)23-12-14-29(15-13-23)18-19-8-10-21(27)11-9-19/h2-11,16-17,23H,12-15,18H2,1H3. The van der Waals surface area contributed by atoms with E-state index in [9.17, 15) is 4.79 Å². The number of amides is 1. The van der Waals surface area contributed by atoms with E-state index >= 15 is 0 Å². The highest BCUT2D eigenvalue weighted by atomic mass is 35.5. The Labute approximate surface area is 199 Å². The summed E-state index contributed by atoms with van der Waals surface area (Å²) < 4.78 is 5.41. The zero-order valence-electron chi connectivity index (χ0n) is 18.0. The molecule has 1 amide bonds. The van der Waals surface area contributed by atoms with Crippen LogP contribution in [0.4, 0.5) is 5.69 Å². The molecule has 3 aromatic rings. The summed E-state index contributed by atoms with van der Waals surface area (Å²) >= 11 is 12.2. The molecule has 4 rings (SSSR count). The average molecular weight is 469 g/mol. The van der Waals surface area contributed by atoms with Gasteiger partial charge in [0.05, 0.1) is 7.11 Å². The predicted molar refractivity (Wildman–Crippen MR) is 131 cm³/mol. The lowest BCUT2D eigenvalue weighted by molar-refractivity contribution is 0.0958. The quantitative estimate of drug-likeness (QED) is 0.424. The fourth-order valence-electron chi connectivity index (χ4n) is 4.20. The van der Waals surface area contributed by atoms with Gasteiger partial charge in [0.1, 0.15) is 5.75 Å². The maximum Gasteiger partial charge on any atom is 0.258 e. The monoisotopic (exact) mass is 468 g/mol. The maximum atomic E-state index is 13.6. The highest BCUT2D eigenvalue weighted by Crippen LogP contribution is 2.29. The number of piperidine rings is 1. The zero-order valence-corrected chi connectivity index (χ0v) is 19.5. The average Bonchev–Trinajstić information content (AvgIpc) is 2.82. The number of likely N-dealkylation sites (tertiary alicyclic amines) is 1. The van der Waals surface area contributed by atoms with Gasteiger partial charge in [-0.05, 0) is 60.9 Å². The number of anilines is 1. The number of halogens is 2. The van der Waals surface area contributed by atoms with Gasteiger partial charge in [0.2, 0.25) is 0 Å². The Morgan fingerprint density at radius 3 is 2.38 bits per heavy atom. The van der Waals surface area contributed by atoms with Gasteiger partial charge in [-0.2, -0.15) is 0 Å². The molecular weight excluding hydrogens is 443 g/mol. The first-order chi connectivity index (χ1) is 15.5. The van der Waals surface area contributed by atoms with Crippen LogP contribution in [0.1, 0.15) is 28.8 Å². The summed E-state index contributed by atoms with van der Waals surface area (Å²) in [4.78, 5) is 17.9. The number of methoxy groups -OCH3 is 1. The third-order valence-electron chi connectivity index (χ3n) is 5.86. The maximum absolute atomic E-state index is 13.6. The lowest BCUT2D eigenvalue weighted by Gasteiger charge is -2.38. The number of carbonyl (C=O) groups is 1. The molecule has 0 unspecified atom stereocenters. The van der Waals surface area contributed by atoms with Crippen LogP contribution >= 0.6 is 23.2 Å². The summed E-state index contributed by atoms with van der Waals surface area (Å²) in [6.45, 7) is 2.71. The number of carbonyl (C=O) groups excluding carboxylic acids is 1. The molecule has 4 nitrogen and oxygen atoms in total. The molecule has 1 aliphatic heterocycles. The van der Waals surface area contributed by atoms with Crippen LogP contribution in [0.15, 0.2) is 72.8 Å². The van der Waals surface area contributed by atoms with Crippen molar-refractivity contribution in [3.8, 4) is 5.75 Å². The molecule has 0 bridgehead atoms. The summed E-state index contributed by atoms with van der Waals surface area (Å²) in [6.07, 6.45) is 1.77. The van der Waals surface area contributed by atoms with Crippen molar-refractivity contribution in [2.75, 3.05) is 25.1 Å². The Kier molecular flexibility index (Phi) is 7.36. The van der Waals surface area contributed by atoms with Crippen molar-refractivity contribution >= 4 is 34.8 Å². The molecule has 1 aliphatic rings. The van der Waals surface area contributed by atoms with Crippen molar-refractivity contribution in [1.29, 1.82) is 0 Å². The minimum Gasteiger partial charge on any atom is -0.497 e. The van der Waals surface area contributed by atoms with Gasteiger partial charge in [0.15, 0.2) is 0 Å². The van der Waals surface area contributed by atoms with E-state index in [1.165, 1.54) is 5.56 Å². The van der Waals surface area contributed by atoms with Gasteiger partial charge in [-0.1, -0.05) is 47.5 Å². The Bertz CT molecular complexity index is 1060. The van der Waals surface area contributed by atoms with Crippen LogP contribution < -0.4 is 9.64 Å². The van der Waals surface area contributed by atoms with E-state index in [1.54, 1.807) is 19.2 Å².